The molecule has 0 aromatic heterocycles. The molecule has 0 bridgehead atoms. The van der Waals surface area contributed by atoms with Crippen LogP contribution in [0, 0.1) is 100 Å². The molecule has 0 aromatic rings. The maximum Gasteiger partial charge on any atom is 0.182 e. The van der Waals surface area contributed by atoms with Gasteiger partial charge in [-0.3, -0.25) is 17.6 Å². The summed E-state index contributed by atoms with van der Waals surface area (Å²) in [4.78, 5) is 12.8. The molecule has 2 radical (unpaired) electrons. The Morgan fingerprint density at radius 3 is 2.09 bits per heavy atom. The van der Waals surface area contributed by atoms with Crippen LogP contribution in [0.3, 0.4) is 0 Å². The molecule has 2 heterocycles. The molecule has 5 nitrogen and oxygen atoms in total. The molecule has 5 aliphatic carbocycles. The van der Waals surface area contributed by atoms with Crippen molar-refractivity contribution in [2.75, 3.05) is 0 Å². The Labute approximate surface area is 396 Å². The Kier molecular flexibility index (Phi) is 17.7. The van der Waals surface area contributed by atoms with Gasteiger partial charge in [0.05, 0.1) is 12.2 Å². The summed E-state index contributed by atoms with van der Waals surface area (Å²) in [7, 11) is 0. The van der Waals surface area contributed by atoms with Crippen LogP contribution in [0.1, 0.15) is 161 Å². The quantitative estimate of drug-likeness (QED) is 0.196. The fraction of sp³-hybridized carbons (Fsp3) is 0.917. The first-order valence-corrected chi connectivity index (χ1v) is 22.0. The molecule has 2 saturated heterocycles. The number of carbonyl (C=O) groups excluding carboxylic acids is 1. The predicted octanol–water partition coefficient (Wildman–Crippen LogP) is 11.6. The molecule has 19 atom stereocenters. The van der Waals surface area contributed by atoms with Gasteiger partial charge in [0.25, 0.3) is 0 Å². The second-order valence-corrected chi connectivity index (χ2v) is 21.7. The van der Waals surface area contributed by atoms with Crippen molar-refractivity contribution < 1.29 is 96.1 Å². The molecule has 8 heteroatoms. The number of hydrogen-bond donors (Lipinski definition) is 0. The molecule has 7 aliphatic rings. The molecule has 320 valence electrons. The summed E-state index contributed by atoms with van der Waals surface area (Å²) in [6.07, 6.45) is 17.5. The topological polar surface area (TPSA) is 54.0 Å². The largest absolute Gasteiger partial charge is 0.544 e. The smallest absolute Gasteiger partial charge is 0.182 e. The molecule has 0 amide bonds. The minimum atomic E-state index is -0.397. The second kappa shape index (κ2) is 18.9. The SMILES string of the molecule is CCC1O[C@@H](OC2[C@H](O[C@H]3CCC4(C)C5CCC6C7CC(C)(C)CC[C@]7([C-]=O)[CH-]C[C@@]6(C)[C@@]5(C)CC[C@H]4[C-]3C)OC(C)[C@H](C)[C@@H]2C)C(C)[C@@H](C)[C@H]1C.[CH3-].[V].[W].[Y]. The van der Waals surface area contributed by atoms with Crippen molar-refractivity contribution in [1.82, 2.24) is 0 Å². The van der Waals surface area contributed by atoms with Crippen molar-refractivity contribution in [3.63, 3.8) is 0 Å². The summed E-state index contributed by atoms with van der Waals surface area (Å²) in [6.45, 7) is 31.4. The van der Waals surface area contributed by atoms with E-state index in [4.69, 9.17) is 18.9 Å². The van der Waals surface area contributed by atoms with E-state index in [9.17, 15) is 4.79 Å². The zero-order valence-electron chi connectivity index (χ0n) is 38.0. The van der Waals surface area contributed by atoms with Crippen LogP contribution < -0.4 is 0 Å². The van der Waals surface area contributed by atoms with E-state index < -0.39 is 6.29 Å². The molecule has 8 unspecified atom stereocenters. The summed E-state index contributed by atoms with van der Waals surface area (Å²) in [5.41, 5.74) is 0.718. The van der Waals surface area contributed by atoms with Gasteiger partial charge < -0.3 is 37.6 Å². The molecule has 0 spiro atoms. The minimum absolute atomic E-state index is 0. The zero-order valence-corrected chi connectivity index (χ0v) is 45.2. The number of hydrogen-bond acceptors (Lipinski definition) is 5. The maximum atomic E-state index is 12.8. The molecule has 5 saturated carbocycles. The van der Waals surface area contributed by atoms with Gasteiger partial charge in [0, 0.05) is 78.2 Å². The van der Waals surface area contributed by atoms with Gasteiger partial charge in [-0.05, 0) is 91.8 Å². The third kappa shape index (κ3) is 8.36. The second-order valence-electron chi connectivity index (χ2n) is 21.7. The molecule has 7 rings (SSSR count). The van der Waals surface area contributed by atoms with Gasteiger partial charge in [-0.15, -0.1) is 0 Å². The van der Waals surface area contributed by atoms with E-state index in [1.807, 2.05) is 0 Å². The van der Waals surface area contributed by atoms with Crippen molar-refractivity contribution in [1.29, 1.82) is 0 Å². The van der Waals surface area contributed by atoms with Crippen LogP contribution in [0.25, 0.3) is 0 Å². The molecule has 2 aliphatic heterocycles. The number of rotatable bonds is 6. The van der Waals surface area contributed by atoms with Crippen molar-refractivity contribution >= 4 is 6.29 Å². The Morgan fingerprint density at radius 1 is 0.768 bits per heavy atom. The normalized spacial score (nSPS) is 52.4. The van der Waals surface area contributed by atoms with Crippen LogP contribution in [-0.4, -0.2) is 43.3 Å². The summed E-state index contributed by atoms with van der Waals surface area (Å²) < 4.78 is 27.7. The molecule has 56 heavy (non-hydrogen) atoms. The van der Waals surface area contributed by atoms with Crippen molar-refractivity contribution in [2.45, 2.75) is 198 Å². The van der Waals surface area contributed by atoms with E-state index in [1.54, 1.807) is 5.92 Å². The third-order valence-corrected chi connectivity index (χ3v) is 19.1. The Hall–Kier alpha value is 1.89. The fourth-order valence-corrected chi connectivity index (χ4v) is 14.6. The van der Waals surface area contributed by atoms with Gasteiger partial charge in [-0.2, -0.15) is 19.3 Å². The van der Waals surface area contributed by atoms with E-state index in [2.05, 4.69) is 103 Å². The fourth-order valence-electron chi connectivity index (χ4n) is 14.6. The standard InChI is InChI=1S/C47H77O5.CH3.V.W.Y/c1-14-37-29(4)27(2)31(6)41(50-37)52-40-30(5)28(3)33(8)49-42(40)51-38-18-19-44(11)34(32(38)7)17-20-46(13)39(44)16-15-35-36-25-43(9,10)21-23-47(36,26-48)24-22-45(35,46)12;;;;/h24,27-31,33-42H,14-23,25H2,1-13H3;1H3;;;/q-3;-1;;;/t27-,28+,29+,30-,31?,33?,34-,35?,36?,37?,38-,39?,40?,41-,42-,44?,45+,46-,47+;;;;/m0..../s1. The molecular weight excluding hydrogens is 980 g/mol. The first kappa shape index (κ1) is 52.2. The zero-order chi connectivity index (χ0) is 37.8. The molecular formula is C48H80O5VWY-4. The Bertz CT molecular complexity index is 1320. The Morgan fingerprint density at radius 2 is 1.45 bits per heavy atom. The first-order chi connectivity index (χ1) is 24.4. The van der Waals surface area contributed by atoms with Crippen molar-refractivity contribution in [3.8, 4) is 0 Å². The van der Waals surface area contributed by atoms with Crippen molar-refractivity contribution in [3.05, 3.63) is 19.8 Å². The monoisotopic (exact) mass is 1060 g/mol. The predicted molar refractivity (Wildman–Crippen MR) is 215 cm³/mol. The average molecular weight is 1060 g/mol. The van der Waals surface area contributed by atoms with Gasteiger partial charge in [-0.1, -0.05) is 125 Å². The maximum absolute atomic E-state index is 12.8. The van der Waals surface area contributed by atoms with Crippen molar-refractivity contribution in [2.24, 2.45) is 80.3 Å². The first-order valence-electron chi connectivity index (χ1n) is 22.0. The Balaban J connectivity index is 0.00000210. The van der Waals surface area contributed by atoms with Crippen LogP contribution >= 0.6 is 0 Å². The van der Waals surface area contributed by atoms with Gasteiger partial charge in [0.15, 0.2) is 12.6 Å². The van der Waals surface area contributed by atoms with Gasteiger partial charge in [-0.25, -0.2) is 0 Å². The van der Waals surface area contributed by atoms with E-state index in [-0.39, 0.29) is 132 Å². The molecule has 0 N–H and O–H groups in total. The van der Waals surface area contributed by atoms with Gasteiger partial charge in [0.2, 0.25) is 0 Å². The van der Waals surface area contributed by atoms with Gasteiger partial charge in [0.1, 0.15) is 6.10 Å². The van der Waals surface area contributed by atoms with Crippen LogP contribution in [0.4, 0.5) is 0 Å². The summed E-state index contributed by atoms with van der Waals surface area (Å²) in [5.74, 6) is 5.87. The van der Waals surface area contributed by atoms with E-state index in [0.29, 0.717) is 58.7 Å². The minimum Gasteiger partial charge on any atom is -0.544 e. The van der Waals surface area contributed by atoms with Crippen LogP contribution in [0.15, 0.2) is 0 Å². The molecule has 7 fully saturated rings. The van der Waals surface area contributed by atoms with Crippen LogP contribution in [0.2, 0.25) is 0 Å². The number of ether oxygens (including phenoxy) is 4. The van der Waals surface area contributed by atoms with E-state index >= 15 is 0 Å². The summed E-state index contributed by atoms with van der Waals surface area (Å²) in [6, 6.07) is 0. The van der Waals surface area contributed by atoms with E-state index in [0.717, 1.165) is 32.1 Å². The third-order valence-electron chi connectivity index (χ3n) is 19.1. The van der Waals surface area contributed by atoms with Crippen LogP contribution in [0.5, 0.6) is 0 Å². The molecule has 0 aromatic carbocycles. The number of fused-ring (bicyclic) bond motifs is 7. The average Bonchev–Trinajstić information content (AvgIpc) is 3.10. The van der Waals surface area contributed by atoms with E-state index in [1.165, 1.54) is 38.5 Å². The van der Waals surface area contributed by atoms with Gasteiger partial charge >= 0.3 is 0 Å². The summed E-state index contributed by atoms with van der Waals surface area (Å²) in [5, 5.41) is 0. The van der Waals surface area contributed by atoms with Crippen LogP contribution in [-0.2, 0) is 96.1 Å². The summed E-state index contributed by atoms with van der Waals surface area (Å²) >= 11 is 0.